The Balaban J connectivity index is 3.98. The number of nitrogens with two attached hydrogens (primary N) is 1. The van der Waals surface area contributed by atoms with Gasteiger partial charge < -0.3 is 0 Å². The Morgan fingerprint density at radius 2 is 1.21 bits per heavy atom. The minimum Gasteiger partial charge on any atom is -0.225 e. The van der Waals surface area contributed by atoms with E-state index in [4.69, 9.17) is 39.9 Å². The molecule has 0 aliphatic rings. The minimum absolute atomic E-state index is 0.0654. The number of sulfonamides is 1. The second kappa shape index (κ2) is 5.78. The van der Waals surface area contributed by atoms with E-state index in [9.17, 15) is 8.42 Å². The maximum Gasteiger partial charge on any atom is 0.239 e. The van der Waals surface area contributed by atoms with Crippen molar-refractivity contribution in [3.05, 3.63) is 26.2 Å². The predicted molar refractivity (Wildman–Crippen MR) is 81.0 cm³/mol. The summed E-state index contributed by atoms with van der Waals surface area (Å²) in [6, 6.07) is 0. The molecule has 0 saturated carbocycles. The van der Waals surface area contributed by atoms with Gasteiger partial charge in [-0.15, -0.1) is 0 Å². The molecule has 3 nitrogen and oxygen atoms in total. The van der Waals surface area contributed by atoms with Crippen LogP contribution in [0.1, 0.15) is 50.7 Å². The van der Waals surface area contributed by atoms with Crippen LogP contribution in [0.3, 0.4) is 0 Å². The first kappa shape index (κ1) is 17.1. The normalized spacial score (nSPS) is 12.5. The summed E-state index contributed by atoms with van der Waals surface area (Å²) in [5, 5.41) is 5.83. The highest BCUT2D eigenvalue weighted by Crippen LogP contribution is 2.45. The van der Waals surface area contributed by atoms with Crippen LogP contribution in [0, 0.1) is 0 Å². The molecule has 0 radical (unpaired) electrons. The summed E-state index contributed by atoms with van der Waals surface area (Å²) in [6.45, 7) is 7.31. The summed E-state index contributed by atoms with van der Waals surface area (Å²) in [7, 11) is -3.98. The van der Waals surface area contributed by atoms with Gasteiger partial charge in [0.2, 0.25) is 10.0 Å². The van der Waals surface area contributed by atoms with Gasteiger partial charge in [-0.1, -0.05) is 62.5 Å². The summed E-state index contributed by atoms with van der Waals surface area (Å²) in [5.41, 5.74) is 0.866. The van der Waals surface area contributed by atoms with Crippen molar-refractivity contribution in [2.24, 2.45) is 5.14 Å². The molecule has 0 aliphatic carbocycles. The van der Waals surface area contributed by atoms with Crippen LogP contribution in [-0.2, 0) is 10.0 Å². The SMILES string of the molecule is CC(C)c1c(Cl)c(Cl)c(C(C)C)c(S(N)(=O)=O)c1Cl. The third-order valence-electron chi connectivity index (χ3n) is 2.79. The van der Waals surface area contributed by atoms with E-state index in [-0.39, 0.29) is 31.8 Å². The van der Waals surface area contributed by atoms with Crippen LogP contribution in [0.15, 0.2) is 4.90 Å². The fraction of sp³-hybridized carbons (Fsp3) is 0.500. The summed E-state index contributed by atoms with van der Waals surface area (Å²) >= 11 is 18.6. The van der Waals surface area contributed by atoms with Gasteiger partial charge in [0, 0.05) is 0 Å². The van der Waals surface area contributed by atoms with Gasteiger partial charge in [0.25, 0.3) is 0 Å². The topological polar surface area (TPSA) is 60.2 Å². The molecule has 0 heterocycles. The van der Waals surface area contributed by atoms with E-state index in [0.29, 0.717) is 11.1 Å². The second-order valence-electron chi connectivity index (χ2n) is 4.95. The molecule has 0 unspecified atom stereocenters. The lowest BCUT2D eigenvalue weighted by atomic mass is 9.96. The van der Waals surface area contributed by atoms with Crippen LogP contribution in [0.2, 0.25) is 15.1 Å². The van der Waals surface area contributed by atoms with E-state index >= 15 is 0 Å². The standard InChI is InChI=1S/C12H16Cl3NO2S/c1-5(2)7-9(13)10(14)8(6(3)4)12(11(7)15)19(16,17)18/h5-6H,1-4H3,(H2,16,17,18). The van der Waals surface area contributed by atoms with E-state index in [1.54, 1.807) is 13.8 Å². The van der Waals surface area contributed by atoms with Crippen molar-refractivity contribution in [3.8, 4) is 0 Å². The molecule has 7 heteroatoms. The van der Waals surface area contributed by atoms with Crippen LogP contribution in [0.25, 0.3) is 0 Å². The summed E-state index contributed by atoms with van der Waals surface area (Å²) in [6.07, 6.45) is 0. The Bertz CT molecular complexity index is 610. The number of hydrogen-bond donors (Lipinski definition) is 1. The molecule has 0 amide bonds. The molecule has 1 rings (SSSR count). The van der Waals surface area contributed by atoms with Crippen molar-refractivity contribution in [2.45, 2.75) is 44.4 Å². The molecule has 0 fully saturated rings. The molecule has 0 bridgehead atoms. The van der Waals surface area contributed by atoms with E-state index < -0.39 is 10.0 Å². The predicted octanol–water partition coefficient (Wildman–Crippen LogP) is 4.54. The van der Waals surface area contributed by atoms with Crippen molar-refractivity contribution in [3.63, 3.8) is 0 Å². The molecule has 19 heavy (non-hydrogen) atoms. The fourth-order valence-corrected chi connectivity index (χ4v) is 4.65. The largest absolute Gasteiger partial charge is 0.239 e. The average Bonchev–Trinajstić information content (AvgIpc) is 2.20. The molecule has 0 saturated heterocycles. The van der Waals surface area contributed by atoms with Crippen LogP contribution in [0.5, 0.6) is 0 Å². The van der Waals surface area contributed by atoms with Crippen LogP contribution >= 0.6 is 34.8 Å². The lowest BCUT2D eigenvalue weighted by Gasteiger charge is -2.21. The number of hydrogen-bond acceptors (Lipinski definition) is 2. The van der Waals surface area contributed by atoms with Crippen molar-refractivity contribution in [1.29, 1.82) is 0 Å². The lowest BCUT2D eigenvalue weighted by Crippen LogP contribution is -2.17. The number of primary sulfonamides is 1. The van der Waals surface area contributed by atoms with Crippen molar-refractivity contribution in [2.75, 3.05) is 0 Å². The molecule has 0 atom stereocenters. The summed E-state index contributed by atoms with van der Waals surface area (Å²) < 4.78 is 23.6. The maximum atomic E-state index is 11.8. The van der Waals surface area contributed by atoms with Gasteiger partial charge in [-0.05, 0) is 23.0 Å². The molecular formula is C12H16Cl3NO2S. The zero-order valence-electron chi connectivity index (χ0n) is 11.1. The molecule has 0 aromatic heterocycles. The molecule has 108 valence electrons. The van der Waals surface area contributed by atoms with E-state index in [1.165, 1.54) is 0 Å². The van der Waals surface area contributed by atoms with Gasteiger partial charge in [0.15, 0.2) is 0 Å². The molecule has 2 N–H and O–H groups in total. The molecule has 1 aromatic rings. The third kappa shape index (κ3) is 3.19. The highest BCUT2D eigenvalue weighted by atomic mass is 35.5. The van der Waals surface area contributed by atoms with Gasteiger partial charge >= 0.3 is 0 Å². The first-order valence-electron chi connectivity index (χ1n) is 5.73. The van der Waals surface area contributed by atoms with Gasteiger partial charge in [0.1, 0.15) is 4.90 Å². The zero-order valence-corrected chi connectivity index (χ0v) is 14.2. The van der Waals surface area contributed by atoms with Crippen LogP contribution in [0.4, 0.5) is 0 Å². The van der Waals surface area contributed by atoms with Gasteiger partial charge in [-0.25, -0.2) is 13.6 Å². The molecule has 0 spiro atoms. The fourth-order valence-electron chi connectivity index (χ4n) is 1.97. The number of rotatable bonds is 3. The van der Waals surface area contributed by atoms with Crippen molar-refractivity contribution < 1.29 is 8.42 Å². The van der Waals surface area contributed by atoms with Crippen molar-refractivity contribution in [1.82, 2.24) is 0 Å². The Labute approximate surface area is 129 Å². The molecule has 1 aromatic carbocycles. The van der Waals surface area contributed by atoms with Gasteiger partial charge in [0.05, 0.1) is 15.1 Å². The zero-order chi connectivity index (χ0) is 15.1. The summed E-state index contributed by atoms with van der Waals surface area (Å²) in [4.78, 5) is -0.123. The van der Waals surface area contributed by atoms with Gasteiger partial charge in [-0.2, -0.15) is 0 Å². The van der Waals surface area contributed by atoms with E-state index in [2.05, 4.69) is 0 Å². The number of halogens is 3. The Hall–Kier alpha value is -0.000000000000000167. The smallest absolute Gasteiger partial charge is 0.225 e. The highest BCUT2D eigenvalue weighted by Gasteiger charge is 2.29. The van der Waals surface area contributed by atoms with Gasteiger partial charge in [-0.3, -0.25) is 0 Å². The Kier molecular flexibility index (Phi) is 5.19. The minimum atomic E-state index is -3.98. The molecule has 0 aliphatic heterocycles. The first-order valence-corrected chi connectivity index (χ1v) is 8.41. The Morgan fingerprint density at radius 3 is 1.53 bits per heavy atom. The number of benzene rings is 1. The average molecular weight is 345 g/mol. The molecular weight excluding hydrogens is 329 g/mol. The third-order valence-corrected chi connectivity index (χ3v) is 5.16. The van der Waals surface area contributed by atoms with E-state index in [1.807, 2.05) is 13.8 Å². The second-order valence-corrected chi connectivity index (χ2v) is 7.58. The van der Waals surface area contributed by atoms with E-state index in [0.717, 1.165) is 0 Å². The highest BCUT2D eigenvalue weighted by molar-refractivity contribution is 7.89. The van der Waals surface area contributed by atoms with Crippen molar-refractivity contribution >= 4 is 44.8 Å². The lowest BCUT2D eigenvalue weighted by molar-refractivity contribution is 0.595. The monoisotopic (exact) mass is 343 g/mol. The quantitative estimate of drug-likeness (QED) is 0.818. The summed E-state index contributed by atoms with van der Waals surface area (Å²) in [5.74, 6) is -0.240. The van der Waals surface area contributed by atoms with Crippen LogP contribution in [-0.4, -0.2) is 8.42 Å². The maximum absolute atomic E-state index is 11.8. The van der Waals surface area contributed by atoms with Crippen LogP contribution < -0.4 is 5.14 Å². The Morgan fingerprint density at radius 1 is 0.842 bits per heavy atom. The first-order chi connectivity index (χ1) is 8.50.